The summed E-state index contributed by atoms with van der Waals surface area (Å²) in [5.74, 6) is 0. The maximum absolute atomic E-state index is 12.3. The minimum absolute atomic E-state index is 0.151. The zero-order valence-corrected chi connectivity index (χ0v) is 15.7. The Morgan fingerprint density at radius 1 is 1.10 bits per heavy atom. The molecule has 1 fully saturated rings. The molecule has 0 bridgehead atoms. The van der Waals surface area contributed by atoms with Crippen LogP contribution >= 0.6 is 0 Å². The van der Waals surface area contributed by atoms with Gasteiger partial charge in [-0.05, 0) is 59.5 Å². The van der Waals surface area contributed by atoms with Gasteiger partial charge in [0.15, 0.2) is 0 Å². The van der Waals surface area contributed by atoms with Gasteiger partial charge in [-0.1, -0.05) is 0 Å². The summed E-state index contributed by atoms with van der Waals surface area (Å²) in [7, 11) is 1.44. The van der Waals surface area contributed by atoms with E-state index in [4.69, 9.17) is 13.6 Å². The first-order valence-electron chi connectivity index (χ1n) is 7.76. The number of piperidine rings is 1. The summed E-state index contributed by atoms with van der Waals surface area (Å²) >= 11 is 0. The summed E-state index contributed by atoms with van der Waals surface area (Å²) in [6.07, 6.45) is 2.65. The van der Waals surface area contributed by atoms with Gasteiger partial charge >= 0.3 is 8.56 Å². The van der Waals surface area contributed by atoms with E-state index < -0.39 is 8.56 Å². The summed E-state index contributed by atoms with van der Waals surface area (Å²) < 4.78 is 17.0. The van der Waals surface area contributed by atoms with Crippen LogP contribution in [0.25, 0.3) is 0 Å². The molecule has 0 atom stereocenters. The van der Waals surface area contributed by atoms with Crippen LogP contribution in [0.1, 0.15) is 47.0 Å². The summed E-state index contributed by atoms with van der Waals surface area (Å²) in [4.78, 5) is 0. The fourth-order valence-corrected chi connectivity index (χ4v) is 4.58. The lowest BCUT2D eigenvalue weighted by Gasteiger charge is -2.49. The highest BCUT2D eigenvalue weighted by Gasteiger charge is 2.46. The van der Waals surface area contributed by atoms with Gasteiger partial charge in [-0.3, -0.25) is 0 Å². The van der Waals surface area contributed by atoms with E-state index in [1.807, 2.05) is 27.7 Å². The van der Waals surface area contributed by atoms with Crippen LogP contribution in [0.4, 0.5) is 0 Å². The van der Waals surface area contributed by atoms with Gasteiger partial charge in [-0.15, -0.1) is 10.3 Å². The third kappa shape index (κ3) is 5.01. The highest BCUT2D eigenvalue weighted by Crippen LogP contribution is 2.38. The number of rotatable bonds is 7. The monoisotopic (exact) mass is 318 g/mol. The van der Waals surface area contributed by atoms with E-state index in [0.717, 1.165) is 25.3 Å². The van der Waals surface area contributed by atoms with E-state index in [0.29, 0.717) is 6.61 Å². The summed E-state index contributed by atoms with van der Waals surface area (Å²) in [5.41, 5.74) is -0.733. The first-order chi connectivity index (χ1) is 9.56. The molecule has 1 radical (unpaired) electrons. The third-order valence-electron chi connectivity index (χ3n) is 4.55. The molecule has 0 aromatic heterocycles. The van der Waals surface area contributed by atoms with Gasteiger partial charge < -0.3 is 13.6 Å². The second-order valence-corrected chi connectivity index (χ2v) is 11.1. The maximum Gasteiger partial charge on any atom is 0.334 e. The van der Waals surface area contributed by atoms with E-state index in [1.54, 1.807) is 14.2 Å². The Bertz CT molecular complexity index is 314. The lowest BCUT2D eigenvalue weighted by Crippen LogP contribution is -2.59. The molecule has 0 spiro atoms. The lowest BCUT2D eigenvalue weighted by atomic mass is 9.80. The van der Waals surface area contributed by atoms with Crippen molar-refractivity contribution in [3.63, 3.8) is 0 Å². The summed E-state index contributed by atoms with van der Waals surface area (Å²) in [6.45, 7) is 10.8. The molecule has 5 nitrogen and oxygen atoms in total. The third-order valence-corrected chi connectivity index (χ3v) is 7.54. The van der Waals surface area contributed by atoms with Crippen LogP contribution < -0.4 is 0 Å². The first-order valence-corrected chi connectivity index (χ1v) is 10.3. The van der Waals surface area contributed by atoms with Gasteiger partial charge in [0.05, 0.1) is 6.10 Å². The van der Waals surface area contributed by atoms with Gasteiger partial charge in [0.25, 0.3) is 0 Å². The molecule has 1 aliphatic heterocycles. The molecule has 0 aliphatic carbocycles. The molecule has 6 heteroatoms. The van der Waals surface area contributed by atoms with Crippen molar-refractivity contribution >= 4 is 8.56 Å². The molecule has 0 aromatic carbocycles. The molecule has 0 amide bonds. The highest BCUT2D eigenvalue weighted by atomic mass is 28.4. The van der Waals surface area contributed by atoms with E-state index in [1.165, 1.54) is 5.06 Å². The van der Waals surface area contributed by atoms with E-state index in [2.05, 4.69) is 6.55 Å². The zero-order valence-electron chi connectivity index (χ0n) is 14.7. The van der Waals surface area contributed by atoms with E-state index >= 15 is 0 Å². The number of hydroxylamine groups is 2. The molecular weight excluding hydrogens is 286 g/mol. The zero-order chi connectivity index (χ0) is 16.3. The van der Waals surface area contributed by atoms with E-state index in [9.17, 15) is 5.21 Å². The molecule has 0 unspecified atom stereocenters. The van der Waals surface area contributed by atoms with Crippen molar-refractivity contribution in [3.05, 3.63) is 0 Å². The van der Waals surface area contributed by atoms with Crippen molar-refractivity contribution in [2.24, 2.45) is 0 Å². The largest absolute Gasteiger partial charge is 0.398 e. The Labute approximate surface area is 130 Å². The second-order valence-electron chi connectivity index (χ2n) is 7.47. The maximum atomic E-state index is 12.3. The van der Waals surface area contributed by atoms with Gasteiger partial charge in [0.2, 0.25) is 0 Å². The van der Waals surface area contributed by atoms with Gasteiger partial charge in [-0.2, -0.15) is 0 Å². The Kier molecular flexibility index (Phi) is 6.41. The lowest BCUT2D eigenvalue weighted by molar-refractivity contribution is -0.301. The molecular formula is C15H32NO4Si. The average Bonchev–Trinajstić information content (AvgIpc) is 2.40. The SMILES string of the molecule is CO[Si](C)(CCCOC1CC(C)(C)N([O])C(C)(C)C1)OC. The Balaban J connectivity index is 2.43. The van der Waals surface area contributed by atoms with Gasteiger partial charge in [0.1, 0.15) is 0 Å². The number of hydrogen-bond acceptors (Lipinski definition) is 4. The van der Waals surface area contributed by atoms with Crippen molar-refractivity contribution in [2.45, 2.75) is 76.7 Å². The molecule has 0 aromatic rings. The molecule has 21 heavy (non-hydrogen) atoms. The topological polar surface area (TPSA) is 50.8 Å². The van der Waals surface area contributed by atoms with Crippen molar-refractivity contribution in [1.82, 2.24) is 5.06 Å². The van der Waals surface area contributed by atoms with Crippen molar-refractivity contribution in [1.29, 1.82) is 0 Å². The normalized spacial score (nSPS) is 23.4. The molecule has 1 saturated heterocycles. The van der Waals surface area contributed by atoms with Crippen molar-refractivity contribution in [2.75, 3.05) is 20.8 Å². The fraction of sp³-hybridized carbons (Fsp3) is 1.00. The number of nitrogens with zero attached hydrogens (tertiary/aromatic N) is 1. The highest BCUT2D eigenvalue weighted by molar-refractivity contribution is 6.65. The second kappa shape index (κ2) is 7.06. The van der Waals surface area contributed by atoms with Crippen LogP contribution in [-0.2, 0) is 18.8 Å². The fourth-order valence-electron chi connectivity index (χ4n) is 3.22. The quantitative estimate of drug-likeness (QED) is 0.534. The average molecular weight is 319 g/mol. The summed E-state index contributed by atoms with van der Waals surface area (Å²) in [5, 5.41) is 13.5. The first kappa shape index (κ1) is 19.1. The van der Waals surface area contributed by atoms with Gasteiger partial charge in [0, 0.05) is 31.9 Å². The molecule has 1 heterocycles. The predicted octanol–water partition coefficient (Wildman–Crippen LogP) is 3.13. The minimum Gasteiger partial charge on any atom is -0.398 e. The Morgan fingerprint density at radius 2 is 1.57 bits per heavy atom. The molecule has 0 N–H and O–H groups in total. The van der Waals surface area contributed by atoms with Gasteiger partial charge in [-0.25, -0.2) is 0 Å². The van der Waals surface area contributed by atoms with Crippen LogP contribution in [0.5, 0.6) is 0 Å². The Morgan fingerprint density at radius 3 is 2.00 bits per heavy atom. The van der Waals surface area contributed by atoms with Crippen LogP contribution in [0.15, 0.2) is 0 Å². The molecule has 125 valence electrons. The number of hydrogen-bond donors (Lipinski definition) is 0. The minimum atomic E-state index is -1.99. The van der Waals surface area contributed by atoms with Crippen LogP contribution in [0.3, 0.4) is 0 Å². The van der Waals surface area contributed by atoms with Crippen LogP contribution in [0.2, 0.25) is 12.6 Å². The molecule has 1 aliphatic rings. The van der Waals surface area contributed by atoms with E-state index in [-0.39, 0.29) is 17.2 Å². The van der Waals surface area contributed by atoms with Crippen molar-refractivity contribution < 1.29 is 18.8 Å². The smallest absolute Gasteiger partial charge is 0.334 e. The predicted molar refractivity (Wildman–Crippen MR) is 84.7 cm³/mol. The van der Waals surface area contributed by atoms with Crippen LogP contribution in [0, 0.1) is 0 Å². The molecule has 1 rings (SSSR count). The summed E-state index contributed by atoms with van der Waals surface area (Å²) in [6, 6.07) is 0.924. The number of ether oxygens (including phenoxy) is 1. The van der Waals surface area contributed by atoms with Crippen LogP contribution in [-0.4, -0.2) is 51.6 Å². The molecule has 0 saturated carbocycles. The Hall–Kier alpha value is 0.0169. The van der Waals surface area contributed by atoms with Crippen molar-refractivity contribution in [3.8, 4) is 0 Å². The standard InChI is InChI=1S/C15H32NO4Si/c1-14(2)11-13(12-15(3,4)16(14)17)20-9-8-10-21(7,18-5)19-6/h13H,8-12H2,1-7H3.